The van der Waals surface area contributed by atoms with Gasteiger partial charge in [0.15, 0.2) is 5.82 Å². The molecule has 0 unspecified atom stereocenters. The molecule has 0 amide bonds. The first-order valence-electron chi connectivity index (χ1n) is 6.83. The Balaban J connectivity index is 2.47. The smallest absolute Gasteiger partial charge is 0.172 e. The van der Waals surface area contributed by atoms with Crippen molar-refractivity contribution in [1.82, 2.24) is 9.97 Å². The molecule has 0 spiro atoms. The van der Waals surface area contributed by atoms with E-state index >= 15 is 0 Å². The first-order valence-corrected chi connectivity index (χ1v) is 7.71. The summed E-state index contributed by atoms with van der Waals surface area (Å²) >= 11 is 1.71. The van der Waals surface area contributed by atoms with Gasteiger partial charge in [0, 0.05) is 17.8 Å². The molecule has 0 aliphatic rings. The van der Waals surface area contributed by atoms with Gasteiger partial charge in [-0.05, 0) is 43.7 Å². The van der Waals surface area contributed by atoms with Gasteiger partial charge in [-0.25, -0.2) is 9.97 Å². The lowest BCUT2D eigenvalue weighted by molar-refractivity contribution is 0.937. The Morgan fingerprint density at radius 1 is 1.21 bits per heavy atom. The molecule has 4 heteroatoms. The van der Waals surface area contributed by atoms with E-state index in [1.54, 1.807) is 11.3 Å². The molecule has 0 saturated carbocycles. The number of rotatable bonds is 5. The summed E-state index contributed by atoms with van der Waals surface area (Å²) in [7, 11) is 0. The summed E-state index contributed by atoms with van der Waals surface area (Å²) in [5, 5.41) is 5.51. The zero-order valence-corrected chi connectivity index (χ0v) is 12.9. The van der Waals surface area contributed by atoms with Crippen LogP contribution >= 0.6 is 11.3 Å². The molecule has 1 N–H and O–H groups in total. The van der Waals surface area contributed by atoms with Crippen LogP contribution in [0, 0.1) is 13.8 Å². The topological polar surface area (TPSA) is 37.8 Å². The van der Waals surface area contributed by atoms with Gasteiger partial charge in [0.25, 0.3) is 0 Å². The van der Waals surface area contributed by atoms with E-state index in [0.717, 1.165) is 36.7 Å². The summed E-state index contributed by atoms with van der Waals surface area (Å²) in [6.07, 6.45) is 2.03. The maximum absolute atomic E-state index is 4.72. The molecule has 0 radical (unpaired) electrons. The third-order valence-electron chi connectivity index (χ3n) is 3.19. The zero-order chi connectivity index (χ0) is 13.8. The van der Waals surface area contributed by atoms with Gasteiger partial charge in [-0.2, -0.15) is 0 Å². The van der Waals surface area contributed by atoms with Crippen LogP contribution in [0.1, 0.15) is 37.1 Å². The minimum atomic E-state index is 0.855. The molecule has 0 aliphatic heterocycles. The Hall–Kier alpha value is -1.42. The number of hydrogen-bond donors (Lipinski definition) is 1. The van der Waals surface area contributed by atoms with E-state index in [2.05, 4.69) is 44.5 Å². The summed E-state index contributed by atoms with van der Waals surface area (Å²) in [5.41, 5.74) is 3.56. The van der Waals surface area contributed by atoms with Crippen LogP contribution < -0.4 is 5.32 Å². The van der Waals surface area contributed by atoms with Crippen LogP contribution in [0.25, 0.3) is 10.7 Å². The molecule has 2 rings (SSSR count). The Bertz CT molecular complexity index is 561. The highest BCUT2D eigenvalue weighted by Crippen LogP contribution is 2.29. The van der Waals surface area contributed by atoms with Crippen LogP contribution in [0.4, 0.5) is 5.82 Å². The highest BCUT2D eigenvalue weighted by atomic mass is 32.1. The van der Waals surface area contributed by atoms with Crippen LogP contribution in [0.2, 0.25) is 0 Å². The van der Waals surface area contributed by atoms with Crippen LogP contribution in [-0.2, 0) is 6.42 Å². The molecule has 102 valence electrons. The van der Waals surface area contributed by atoms with Gasteiger partial charge in [0.2, 0.25) is 0 Å². The van der Waals surface area contributed by atoms with Crippen molar-refractivity contribution in [3.05, 3.63) is 28.3 Å². The lowest BCUT2D eigenvalue weighted by Gasteiger charge is -2.12. The largest absolute Gasteiger partial charge is 0.370 e. The molecule has 3 nitrogen and oxygen atoms in total. The molecule has 2 heterocycles. The zero-order valence-electron chi connectivity index (χ0n) is 12.1. The number of aryl methyl sites for hydroxylation is 2. The molecule has 19 heavy (non-hydrogen) atoms. The number of aromatic nitrogens is 2. The second-order valence-corrected chi connectivity index (χ2v) is 5.60. The standard InChI is InChI=1S/C15H21N3S/c1-5-8-16-14-11(4)12(6-2)17-15(18-14)13-10(3)7-9-19-13/h7,9H,5-6,8H2,1-4H3,(H,16,17,18). The molecular weight excluding hydrogens is 254 g/mol. The van der Waals surface area contributed by atoms with Crippen molar-refractivity contribution in [3.63, 3.8) is 0 Å². The van der Waals surface area contributed by atoms with Gasteiger partial charge >= 0.3 is 0 Å². The van der Waals surface area contributed by atoms with E-state index in [-0.39, 0.29) is 0 Å². The molecule has 0 atom stereocenters. The lowest BCUT2D eigenvalue weighted by atomic mass is 10.1. The number of nitrogens with zero attached hydrogens (tertiary/aromatic N) is 2. The van der Waals surface area contributed by atoms with Gasteiger partial charge < -0.3 is 5.32 Å². The van der Waals surface area contributed by atoms with Crippen molar-refractivity contribution >= 4 is 17.2 Å². The van der Waals surface area contributed by atoms with Crippen molar-refractivity contribution < 1.29 is 0 Å². The number of thiophene rings is 1. The highest BCUT2D eigenvalue weighted by Gasteiger charge is 2.13. The fourth-order valence-electron chi connectivity index (χ4n) is 2.03. The molecule has 0 aliphatic carbocycles. The monoisotopic (exact) mass is 275 g/mol. The van der Waals surface area contributed by atoms with E-state index in [1.807, 2.05) is 0 Å². The van der Waals surface area contributed by atoms with Crippen molar-refractivity contribution in [2.24, 2.45) is 0 Å². The first-order chi connectivity index (χ1) is 9.17. The fraction of sp³-hybridized carbons (Fsp3) is 0.467. The van der Waals surface area contributed by atoms with E-state index in [4.69, 9.17) is 9.97 Å². The first kappa shape index (κ1) is 14.0. The van der Waals surface area contributed by atoms with Crippen molar-refractivity contribution in [3.8, 4) is 10.7 Å². The summed E-state index contributed by atoms with van der Waals surface area (Å²) in [6.45, 7) is 9.46. The Kier molecular flexibility index (Phi) is 4.53. The van der Waals surface area contributed by atoms with Crippen molar-refractivity contribution in [1.29, 1.82) is 0 Å². The van der Waals surface area contributed by atoms with Crippen molar-refractivity contribution in [2.75, 3.05) is 11.9 Å². The number of hydrogen-bond acceptors (Lipinski definition) is 4. The molecule has 0 bridgehead atoms. The maximum atomic E-state index is 4.72. The number of nitrogens with one attached hydrogen (secondary N) is 1. The molecular formula is C15H21N3S. The quantitative estimate of drug-likeness (QED) is 0.888. The van der Waals surface area contributed by atoms with Gasteiger partial charge in [0.05, 0.1) is 4.88 Å². The maximum Gasteiger partial charge on any atom is 0.172 e. The highest BCUT2D eigenvalue weighted by molar-refractivity contribution is 7.13. The van der Waals surface area contributed by atoms with Gasteiger partial charge in [-0.15, -0.1) is 11.3 Å². The third-order valence-corrected chi connectivity index (χ3v) is 4.20. The van der Waals surface area contributed by atoms with Gasteiger partial charge in [-0.1, -0.05) is 13.8 Å². The van der Waals surface area contributed by atoms with Crippen LogP contribution in [-0.4, -0.2) is 16.5 Å². The molecule has 0 aromatic carbocycles. The summed E-state index contributed by atoms with van der Waals surface area (Å²) in [4.78, 5) is 10.6. The average molecular weight is 275 g/mol. The minimum Gasteiger partial charge on any atom is -0.370 e. The number of anilines is 1. The molecule has 2 aromatic rings. The molecule has 0 saturated heterocycles. The second-order valence-electron chi connectivity index (χ2n) is 4.68. The Morgan fingerprint density at radius 2 is 2.00 bits per heavy atom. The minimum absolute atomic E-state index is 0.855. The predicted octanol–water partition coefficient (Wildman–Crippen LogP) is 4.21. The molecule has 0 fully saturated rings. The van der Waals surface area contributed by atoms with Crippen LogP contribution in [0.15, 0.2) is 11.4 Å². The van der Waals surface area contributed by atoms with Gasteiger partial charge in [0.1, 0.15) is 5.82 Å². The third kappa shape index (κ3) is 2.95. The predicted molar refractivity (Wildman–Crippen MR) is 83.0 cm³/mol. The summed E-state index contributed by atoms with van der Waals surface area (Å²) in [5.74, 6) is 1.84. The Morgan fingerprint density at radius 3 is 2.58 bits per heavy atom. The van der Waals surface area contributed by atoms with Crippen LogP contribution in [0.3, 0.4) is 0 Å². The molecule has 2 aromatic heterocycles. The van der Waals surface area contributed by atoms with E-state index < -0.39 is 0 Å². The lowest BCUT2D eigenvalue weighted by Crippen LogP contribution is -2.08. The normalized spacial score (nSPS) is 10.7. The average Bonchev–Trinajstić information content (AvgIpc) is 2.84. The van der Waals surface area contributed by atoms with Gasteiger partial charge in [-0.3, -0.25) is 0 Å². The van der Waals surface area contributed by atoms with Crippen molar-refractivity contribution in [2.45, 2.75) is 40.5 Å². The summed E-state index contributed by atoms with van der Waals surface area (Å²) < 4.78 is 0. The SMILES string of the molecule is CCCNc1nc(-c2sccc2C)nc(CC)c1C. The van der Waals surface area contributed by atoms with E-state index in [9.17, 15) is 0 Å². The second kappa shape index (κ2) is 6.15. The summed E-state index contributed by atoms with van der Waals surface area (Å²) in [6, 6.07) is 2.12. The van der Waals surface area contributed by atoms with Crippen LogP contribution in [0.5, 0.6) is 0 Å². The fourth-order valence-corrected chi connectivity index (χ4v) is 2.89. The van der Waals surface area contributed by atoms with E-state index in [0.29, 0.717) is 0 Å². The Labute approximate surface area is 119 Å². The van der Waals surface area contributed by atoms with E-state index in [1.165, 1.54) is 16.0 Å².